The summed E-state index contributed by atoms with van der Waals surface area (Å²) in [5.41, 5.74) is 0.110. The predicted octanol–water partition coefficient (Wildman–Crippen LogP) is 3.08. The summed E-state index contributed by atoms with van der Waals surface area (Å²) < 4.78 is 12.4. The van der Waals surface area contributed by atoms with Crippen molar-refractivity contribution < 1.29 is 19.1 Å². The molecule has 25 heavy (non-hydrogen) atoms. The number of hydrogen-bond acceptors (Lipinski definition) is 4. The summed E-state index contributed by atoms with van der Waals surface area (Å²) in [6, 6.07) is 7.59. The number of esters is 1. The maximum Gasteiger partial charge on any atom is 0.312 e. The first-order valence-corrected chi connectivity index (χ1v) is 9.46. The van der Waals surface area contributed by atoms with E-state index in [0.717, 1.165) is 23.0 Å². The van der Waals surface area contributed by atoms with Crippen LogP contribution in [0.15, 0.2) is 40.9 Å². The van der Waals surface area contributed by atoms with E-state index in [2.05, 4.69) is 15.9 Å². The molecule has 1 unspecified atom stereocenters. The van der Waals surface area contributed by atoms with E-state index in [-0.39, 0.29) is 18.0 Å². The van der Waals surface area contributed by atoms with Gasteiger partial charge in [0.2, 0.25) is 5.91 Å². The summed E-state index contributed by atoms with van der Waals surface area (Å²) in [7, 11) is 0. The third-order valence-electron chi connectivity index (χ3n) is 5.25. The molecule has 4 atom stereocenters. The number of carbonyl (C=O) groups is 2. The minimum absolute atomic E-state index is 0.0633. The fourth-order valence-corrected chi connectivity index (χ4v) is 4.28. The Balaban J connectivity index is 1.59. The van der Waals surface area contributed by atoms with Crippen molar-refractivity contribution in [3.63, 3.8) is 0 Å². The van der Waals surface area contributed by atoms with Crippen LogP contribution in [0.2, 0.25) is 0 Å². The lowest BCUT2D eigenvalue weighted by Crippen LogP contribution is -2.40. The van der Waals surface area contributed by atoms with Gasteiger partial charge >= 0.3 is 5.97 Å². The highest BCUT2D eigenvalue weighted by Gasteiger charge is 2.67. The Kier molecular flexibility index (Phi) is 4.20. The molecule has 0 saturated carbocycles. The molecular formula is C19H20BrNO4. The van der Waals surface area contributed by atoms with Crippen molar-refractivity contribution in [3.05, 3.63) is 40.9 Å². The van der Waals surface area contributed by atoms with E-state index in [9.17, 15) is 9.59 Å². The quantitative estimate of drug-likeness (QED) is 0.429. The number of nitrogens with zero attached hydrogens (tertiary/aromatic N) is 1. The second kappa shape index (κ2) is 6.25. The largest absolute Gasteiger partial charge is 0.465 e. The molecule has 2 bridgehead atoms. The van der Waals surface area contributed by atoms with Crippen LogP contribution in [0, 0.1) is 11.8 Å². The van der Waals surface area contributed by atoms with Crippen LogP contribution < -0.4 is 4.90 Å². The van der Waals surface area contributed by atoms with Gasteiger partial charge in [-0.05, 0) is 30.7 Å². The van der Waals surface area contributed by atoms with E-state index < -0.39 is 17.4 Å². The van der Waals surface area contributed by atoms with E-state index in [1.54, 1.807) is 4.90 Å². The summed E-state index contributed by atoms with van der Waals surface area (Å²) in [6.07, 6.45) is 5.29. The van der Waals surface area contributed by atoms with Crippen LogP contribution in [0.3, 0.4) is 0 Å². The van der Waals surface area contributed by atoms with Gasteiger partial charge in [-0.2, -0.15) is 0 Å². The summed E-state index contributed by atoms with van der Waals surface area (Å²) in [6.45, 7) is 2.87. The standard InChI is InChI=1S/C19H20BrNO4/c1-2-3-10-24-18(23)15-14-8-9-19(25-14)11-21(17(22)16(15)19)13-6-4-12(20)5-7-13/h4-9,14-16H,2-3,10-11H2,1H3/t14-,15?,16-,19+/m0/s1. The number of halogens is 1. The molecule has 0 radical (unpaired) electrons. The third kappa shape index (κ3) is 2.62. The highest BCUT2D eigenvalue weighted by Crippen LogP contribution is 2.52. The molecule has 0 N–H and O–H groups in total. The van der Waals surface area contributed by atoms with Gasteiger partial charge in [-0.15, -0.1) is 0 Å². The molecule has 5 nitrogen and oxygen atoms in total. The predicted molar refractivity (Wildman–Crippen MR) is 96.1 cm³/mol. The SMILES string of the molecule is CCCCOC(=O)C1[C@@H]2C=C[C@]3(CN(c4ccc(Br)cc4)C(=O)[C@H]13)O2. The molecule has 3 heterocycles. The number of fused-ring (bicyclic) bond motifs is 1. The summed E-state index contributed by atoms with van der Waals surface area (Å²) in [4.78, 5) is 27.4. The first-order valence-electron chi connectivity index (χ1n) is 8.66. The Hall–Kier alpha value is -1.66. The smallest absolute Gasteiger partial charge is 0.312 e. The van der Waals surface area contributed by atoms with Crippen LogP contribution in [-0.4, -0.2) is 36.7 Å². The molecule has 1 spiro atoms. The lowest BCUT2D eigenvalue weighted by Gasteiger charge is -2.22. The lowest BCUT2D eigenvalue weighted by atomic mass is 9.77. The Bertz CT molecular complexity index is 731. The van der Waals surface area contributed by atoms with E-state index in [0.29, 0.717) is 13.2 Å². The second-order valence-electron chi connectivity index (χ2n) is 6.82. The summed E-state index contributed by atoms with van der Waals surface area (Å²) in [5, 5.41) is 0. The van der Waals surface area contributed by atoms with Gasteiger partial charge in [-0.1, -0.05) is 41.4 Å². The Morgan fingerprint density at radius 1 is 1.40 bits per heavy atom. The van der Waals surface area contributed by atoms with Crippen LogP contribution in [0.25, 0.3) is 0 Å². The van der Waals surface area contributed by atoms with Crippen LogP contribution in [0.5, 0.6) is 0 Å². The molecule has 0 aromatic heterocycles. The fourth-order valence-electron chi connectivity index (χ4n) is 4.02. The molecule has 1 aromatic carbocycles. The maximum atomic E-state index is 13.1. The van der Waals surface area contributed by atoms with Crippen LogP contribution in [0.4, 0.5) is 5.69 Å². The van der Waals surface area contributed by atoms with E-state index >= 15 is 0 Å². The number of unbranched alkanes of at least 4 members (excludes halogenated alkanes) is 1. The number of anilines is 1. The van der Waals surface area contributed by atoms with E-state index in [1.807, 2.05) is 43.3 Å². The number of benzene rings is 1. The molecule has 3 aliphatic rings. The van der Waals surface area contributed by atoms with Gasteiger partial charge in [0.05, 0.1) is 25.2 Å². The maximum absolute atomic E-state index is 13.1. The number of ether oxygens (including phenoxy) is 2. The average molecular weight is 406 g/mol. The number of carbonyl (C=O) groups excluding carboxylic acids is 2. The molecule has 2 fully saturated rings. The van der Waals surface area contributed by atoms with Crippen molar-refractivity contribution >= 4 is 33.5 Å². The van der Waals surface area contributed by atoms with Gasteiger partial charge in [0.25, 0.3) is 0 Å². The minimum Gasteiger partial charge on any atom is -0.465 e. The van der Waals surface area contributed by atoms with Gasteiger partial charge in [0, 0.05) is 10.2 Å². The van der Waals surface area contributed by atoms with Gasteiger partial charge in [0.15, 0.2) is 0 Å². The van der Waals surface area contributed by atoms with Gasteiger partial charge in [0.1, 0.15) is 11.5 Å². The first-order chi connectivity index (χ1) is 12.1. The van der Waals surface area contributed by atoms with Crippen molar-refractivity contribution in [2.45, 2.75) is 31.5 Å². The highest BCUT2D eigenvalue weighted by atomic mass is 79.9. The Labute approximate surface area is 155 Å². The van der Waals surface area contributed by atoms with Crippen molar-refractivity contribution in [2.75, 3.05) is 18.1 Å². The first kappa shape index (κ1) is 16.8. The van der Waals surface area contributed by atoms with Crippen LogP contribution in [-0.2, 0) is 19.1 Å². The molecule has 4 rings (SSSR count). The van der Waals surface area contributed by atoms with Gasteiger partial charge in [-0.25, -0.2) is 0 Å². The molecule has 0 aliphatic carbocycles. The van der Waals surface area contributed by atoms with Crippen LogP contribution >= 0.6 is 15.9 Å². The molecule has 6 heteroatoms. The van der Waals surface area contributed by atoms with Gasteiger partial charge in [-0.3, -0.25) is 9.59 Å². The van der Waals surface area contributed by atoms with Crippen LogP contribution in [0.1, 0.15) is 19.8 Å². The molecule has 2 saturated heterocycles. The molecule has 132 valence electrons. The fraction of sp³-hybridized carbons (Fsp3) is 0.474. The zero-order chi connectivity index (χ0) is 17.6. The van der Waals surface area contributed by atoms with Crippen molar-refractivity contribution in [1.82, 2.24) is 0 Å². The second-order valence-corrected chi connectivity index (χ2v) is 7.74. The van der Waals surface area contributed by atoms with Gasteiger partial charge < -0.3 is 14.4 Å². The zero-order valence-corrected chi connectivity index (χ0v) is 15.6. The topological polar surface area (TPSA) is 55.8 Å². The number of rotatable bonds is 5. The lowest BCUT2D eigenvalue weighted by molar-refractivity contribution is -0.152. The normalized spacial score (nSPS) is 32.3. The molecular weight excluding hydrogens is 386 g/mol. The molecule has 1 aromatic rings. The monoisotopic (exact) mass is 405 g/mol. The summed E-state index contributed by atoms with van der Waals surface area (Å²) in [5.74, 6) is -1.43. The van der Waals surface area contributed by atoms with E-state index in [4.69, 9.17) is 9.47 Å². The number of hydrogen-bond donors (Lipinski definition) is 0. The zero-order valence-electron chi connectivity index (χ0n) is 14.0. The average Bonchev–Trinajstić information content (AvgIpc) is 3.24. The highest BCUT2D eigenvalue weighted by molar-refractivity contribution is 9.10. The molecule has 1 amide bonds. The van der Waals surface area contributed by atoms with E-state index in [1.165, 1.54) is 0 Å². The Morgan fingerprint density at radius 2 is 2.16 bits per heavy atom. The molecule has 3 aliphatic heterocycles. The summed E-state index contributed by atoms with van der Waals surface area (Å²) >= 11 is 3.41. The minimum atomic E-state index is -0.705. The van der Waals surface area contributed by atoms with Crippen molar-refractivity contribution in [2.24, 2.45) is 11.8 Å². The third-order valence-corrected chi connectivity index (χ3v) is 5.78. The number of amides is 1. The van der Waals surface area contributed by atoms with Crippen molar-refractivity contribution in [1.29, 1.82) is 0 Å². The Morgan fingerprint density at radius 3 is 2.88 bits per heavy atom. The van der Waals surface area contributed by atoms with Crippen molar-refractivity contribution in [3.8, 4) is 0 Å².